The molecule has 1 aromatic rings. The fourth-order valence-corrected chi connectivity index (χ4v) is 2.48. The Morgan fingerprint density at radius 3 is 2.84 bits per heavy atom. The number of nitrogens with zero attached hydrogens (tertiary/aromatic N) is 1. The predicted molar refractivity (Wildman–Crippen MR) is 77.9 cm³/mol. The van der Waals surface area contributed by atoms with Gasteiger partial charge >= 0.3 is 6.03 Å². The highest BCUT2D eigenvalue weighted by atomic mass is 16.2. The van der Waals surface area contributed by atoms with E-state index in [1.165, 1.54) is 12.0 Å². The fourth-order valence-electron chi connectivity index (χ4n) is 2.48. The van der Waals surface area contributed by atoms with E-state index in [2.05, 4.69) is 12.2 Å². The van der Waals surface area contributed by atoms with Crippen LogP contribution in [0, 0.1) is 5.92 Å². The molecule has 1 fully saturated rings. The summed E-state index contributed by atoms with van der Waals surface area (Å²) in [5.41, 5.74) is 7.61. The fraction of sp³-hybridized carbons (Fsp3) is 0.533. The van der Waals surface area contributed by atoms with Gasteiger partial charge in [-0.15, -0.1) is 0 Å². The minimum absolute atomic E-state index is 0.0713. The molecule has 19 heavy (non-hydrogen) atoms. The Kier molecular flexibility index (Phi) is 4.66. The van der Waals surface area contributed by atoms with Gasteiger partial charge in [0.2, 0.25) is 0 Å². The SMILES string of the molecule is CC1CCCN(C(=O)NCCc2ccc(N)cc2)C1. The summed E-state index contributed by atoms with van der Waals surface area (Å²) in [7, 11) is 0. The molecule has 0 saturated carbocycles. The lowest BCUT2D eigenvalue weighted by atomic mass is 10.0. The predicted octanol–water partition coefficient (Wildman–Crippen LogP) is 2.25. The van der Waals surface area contributed by atoms with E-state index in [1.54, 1.807) is 0 Å². The molecule has 1 aliphatic heterocycles. The third-order valence-electron chi connectivity index (χ3n) is 3.61. The average Bonchev–Trinajstić information content (AvgIpc) is 2.41. The second kappa shape index (κ2) is 6.45. The van der Waals surface area contributed by atoms with Crippen molar-refractivity contribution in [3.63, 3.8) is 0 Å². The molecule has 0 aromatic heterocycles. The monoisotopic (exact) mass is 261 g/mol. The number of likely N-dealkylation sites (tertiary alicyclic amines) is 1. The highest BCUT2D eigenvalue weighted by Crippen LogP contribution is 2.15. The third kappa shape index (κ3) is 4.16. The van der Waals surface area contributed by atoms with Crippen LogP contribution in [0.4, 0.5) is 10.5 Å². The molecule has 1 heterocycles. The molecular weight excluding hydrogens is 238 g/mol. The Bertz CT molecular complexity index is 416. The highest BCUT2D eigenvalue weighted by Gasteiger charge is 2.20. The van der Waals surface area contributed by atoms with Gasteiger partial charge < -0.3 is 16.0 Å². The molecule has 0 bridgehead atoms. The Labute approximate surface area is 115 Å². The zero-order valence-corrected chi connectivity index (χ0v) is 11.6. The van der Waals surface area contributed by atoms with Gasteiger partial charge in [0, 0.05) is 25.3 Å². The zero-order valence-electron chi connectivity index (χ0n) is 11.6. The van der Waals surface area contributed by atoms with Crippen LogP contribution < -0.4 is 11.1 Å². The van der Waals surface area contributed by atoms with Gasteiger partial charge in [-0.2, -0.15) is 0 Å². The quantitative estimate of drug-likeness (QED) is 0.820. The molecule has 0 spiro atoms. The number of piperidine rings is 1. The molecule has 1 atom stereocenters. The van der Waals surface area contributed by atoms with Crippen LogP contribution in [0.25, 0.3) is 0 Å². The van der Waals surface area contributed by atoms with Crippen molar-refractivity contribution in [2.24, 2.45) is 5.92 Å². The van der Waals surface area contributed by atoms with Crippen molar-refractivity contribution >= 4 is 11.7 Å². The maximum absolute atomic E-state index is 12.0. The Morgan fingerprint density at radius 1 is 1.42 bits per heavy atom. The van der Waals surface area contributed by atoms with E-state index >= 15 is 0 Å². The molecule has 4 nitrogen and oxygen atoms in total. The van der Waals surface area contributed by atoms with Crippen LogP contribution in [-0.4, -0.2) is 30.6 Å². The Hall–Kier alpha value is -1.71. The van der Waals surface area contributed by atoms with Gasteiger partial charge in [-0.25, -0.2) is 4.79 Å². The average molecular weight is 261 g/mol. The van der Waals surface area contributed by atoms with E-state index < -0.39 is 0 Å². The molecule has 1 unspecified atom stereocenters. The summed E-state index contributed by atoms with van der Waals surface area (Å²) in [6, 6.07) is 7.86. The summed E-state index contributed by atoms with van der Waals surface area (Å²) in [6.07, 6.45) is 3.19. The molecule has 4 heteroatoms. The lowest BCUT2D eigenvalue weighted by Gasteiger charge is -2.30. The van der Waals surface area contributed by atoms with Crippen LogP contribution >= 0.6 is 0 Å². The van der Waals surface area contributed by atoms with E-state index in [1.807, 2.05) is 29.2 Å². The number of nitrogens with one attached hydrogen (secondary N) is 1. The number of amides is 2. The van der Waals surface area contributed by atoms with Crippen molar-refractivity contribution in [1.29, 1.82) is 0 Å². The smallest absolute Gasteiger partial charge is 0.317 e. The van der Waals surface area contributed by atoms with E-state index in [0.29, 0.717) is 12.5 Å². The molecule has 0 radical (unpaired) electrons. The van der Waals surface area contributed by atoms with Crippen molar-refractivity contribution < 1.29 is 4.79 Å². The van der Waals surface area contributed by atoms with Crippen molar-refractivity contribution in [3.05, 3.63) is 29.8 Å². The summed E-state index contributed by atoms with van der Waals surface area (Å²) < 4.78 is 0. The van der Waals surface area contributed by atoms with E-state index in [-0.39, 0.29) is 6.03 Å². The van der Waals surface area contributed by atoms with Crippen molar-refractivity contribution in [1.82, 2.24) is 10.2 Å². The summed E-state index contributed by atoms with van der Waals surface area (Å²) >= 11 is 0. The first kappa shape index (κ1) is 13.7. The molecule has 1 aliphatic rings. The standard InChI is InChI=1S/C15H23N3O/c1-12-3-2-10-18(11-12)15(19)17-9-8-13-4-6-14(16)7-5-13/h4-7,12H,2-3,8-11,16H2,1H3,(H,17,19). The van der Waals surface area contributed by atoms with Gasteiger partial charge in [-0.1, -0.05) is 19.1 Å². The van der Waals surface area contributed by atoms with E-state index in [4.69, 9.17) is 5.73 Å². The minimum Gasteiger partial charge on any atom is -0.399 e. The summed E-state index contributed by atoms with van der Waals surface area (Å²) in [6.45, 7) is 4.65. The van der Waals surface area contributed by atoms with Gasteiger partial charge in [0.1, 0.15) is 0 Å². The largest absolute Gasteiger partial charge is 0.399 e. The maximum atomic E-state index is 12.0. The summed E-state index contributed by atoms with van der Waals surface area (Å²) in [5, 5.41) is 2.99. The van der Waals surface area contributed by atoms with Gasteiger partial charge in [0.05, 0.1) is 0 Å². The van der Waals surface area contributed by atoms with E-state index in [0.717, 1.165) is 31.6 Å². The second-order valence-corrected chi connectivity index (χ2v) is 5.42. The molecule has 3 N–H and O–H groups in total. The zero-order chi connectivity index (χ0) is 13.7. The van der Waals surface area contributed by atoms with Crippen LogP contribution in [0.5, 0.6) is 0 Å². The molecular formula is C15H23N3O. The maximum Gasteiger partial charge on any atom is 0.317 e. The number of nitrogen functional groups attached to an aromatic ring is 1. The topological polar surface area (TPSA) is 58.4 Å². The van der Waals surface area contributed by atoms with Crippen LogP contribution in [0.3, 0.4) is 0 Å². The van der Waals surface area contributed by atoms with E-state index in [9.17, 15) is 4.79 Å². The molecule has 104 valence electrons. The Morgan fingerprint density at radius 2 is 2.16 bits per heavy atom. The molecule has 2 rings (SSSR count). The highest BCUT2D eigenvalue weighted by molar-refractivity contribution is 5.74. The first-order chi connectivity index (χ1) is 9.15. The van der Waals surface area contributed by atoms with Crippen molar-refractivity contribution in [3.8, 4) is 0 Å². The number of nitrogens with two attached hydrogens (primary N) is 1. The number of anilines is 1. The first-order valence-electron chi connectivity index (χ1n) is 7.02. The number of rotatable bonds is 3. The normalized spacial score (nSPS) is 19.2. The van der Waals surface area contributed by atoms with Crippen LogP contribution in [0.2, 0.25) is 0 Å². The molecule has 2 amide bonds. The summed E-state index contributed by atoms with van der Waals surface area (Å²) in [4.78, 5) is 13.9. The van der Waals surface area contributed by atoms with Gasteiger partial charge in [0.25, 0.3) is 0 Å². The molecule has 1 aromatic carbocycles. The van der Waals surface area contributed by atoms with Crippen molar-refractivity contribution in [2.45, 2.75) is 26.2 Å². The second-order valence-electron chi connectivity index (χ2n) is 5.42. The van der Waals surface area contributed by atoms with Gasteiger partial charge in [0.15, 0.2) is 0 Å². The third-order valence-corrected chi connectivity index (χ3v) is 3.61. The van der Waals surface area contributed by atoms with Crippen molar-refractivity contribution in [2.75, 3.05) is 25.4 Å². The number of benzene rings is 1. The van der Waals surface area contributed by atoms with Crippen LogP contribution in [0.15, 0.2) is 24.3 Å². The first-order valence-corrected chi connectivity index (χ1v) is 7.02. The van der Waals surface area contributed by atoms with Gasteiger partial charge in [-0.05, 0) is 42.9 Å². The van der Waals surface area contributed by atoms with Crippen LogP contribution in [0.1, 0.15) is 25.3 Å². The summed E-state index contributed by atoms with van der Waals surface area (Å²) in [5.74, 6) is 0.622. The lowest BCUT2D eigenvalue weighted by molar-refractivity contribution is 0.170. The molecule has 0 aliphatic carbocycles. The number of carbonyl (C=O) groups excluding carboxylic acids is 1. The van der Waals surface area contributed by atoms with Crippen LogP contribution in [-0.2, 0) is 6.42 Å². The number of urea groups is 1. The lowest BCUT2D eigenvalue weighted by Crippen LogP contribution is -2.45. The number of hydrogen-bond donors (Lipinski definition) is 2. The Balaban J connectivity index is 1.73. The molecule has 1 saturated heterocycles. The van der Waals surface area contributed by atoms with Gasteiger partial charge in [-0.3, -0.25) is 0 Å². The minimum atomic E-state index is 0.0713. The number of hydrogen-bond acceptors (Lipinski definition) is 2. The number of carbonyl (C=O) groups is 1.